The number of hydrogen-bond donors (Lipinski definition) is 2. The Balaban J connectivity index is 2.14. The van der Waals surface area contributed by atoms with Crippen molar-refractivity contribution in [3.8, 4) is 0 Å². The normalized spacial score (nSPS) is 26.5. The molecular weight excluding hydrogens is 282 g/mol. The SMILES string of the molecule is CC1C(=O)NC(=O)CN1C(=O)N1CCOCC1CC(=O)O. The van der Waals surface area contributed by atoms with Gasteiger partial charge in [-0.25, -0.2) is 4.79 Å². The van der Waals surface area contributed by atoms with E-state index in [1.54, 1.807) is 0 Å². The Morgan fingerprint density at radius 2 is 2.10 bits per heavy atom. The van der Waals surface area contributed by atoms with E-state index in [-0.39, 0.29) is 26.1 Å². The Morgan fingerprint density at radius 1 is 1.38 bits per heavy atom. The second-order valence-corrected chi connectivity index (χ2v) is 5.02. The van der Waals surface area contributed by atoms with Crippen LogP contribution in [-0.2, 0) is 19.1 Å². The number of nitrogens with one attached hydrogen (secondary N) is 1. The van der Waals surface area contributed by atoms with Crippen LogP contribution in [0.5, 0.6) is 0 Å². The van der Waals surface area contributed by atoms with Gasteiger partial charge in [-0.05, 0) is 6.92 Å². The standard InChI is InChI=1S/C12H17N3O6/c1-7-11(19)13-9(16)5-15(7)12(20)14-2-3-21-6-8(14)4-10(17)18/h7-8H,2-6H2,1H3,(H,17,18)(H,13,16,19). The van der Waals surface area contributed by atoms with Gasteiger partial charge in [0.2, 0.25) is 11.8 Å². The predicted molar refractivity (Wildman–Crippen MR) is 68.3 cm³/mol. The highest BCUT2D eigenvalue weighted by Crippen LogP contribution is 2.16. The molecule has 2 atom stereocenters. The third-order valence-electron chi connectivity index (χ3n) is 3.55. The Hall–Kier alpha value is -2.16. The van der Waals surface area contributed by atoms with Crippen molar-refractivity contribution >= 4 is 23.8 Å². The molecule has 2 fully saturated rings. The van der Waals surface area contributed by atoms with Gasteiger partial charge in [-0.1, -0.05) is 0 Å². The second kappa shape index (κ2) is 6.08. The zero-order valence-corrected chi connectivity index (χ0v) is 11.6. The first-order valence-corrected chi connectivity index (χ1v) is 6.60. The molecule has 4 amide bonds. The Kier molecular flexibility index (Phi) is 4.41. The molecule has 0 aromatic carbocycles. The number of hydrogen-bond acceptors (Lipinski definition) is 5. The van der Waals surface area contributed by atoms with Gasteiger partial charge < -0.3 is 19.6 Å². The van der Waals surface area contributed by atoms with Crippen LogP contribution in [-0.4, -0.2) is 77.1 Å². The number of carboxylic acid groups (broad SMARTS) is 1. The number of rotatable bonds is 2. The maximum absolute atomic E-state index is 12.5. The van der Waals surface area contributed by atoms with Crippen LogP contribution in [0.4, 0.5) is 4.79 Å². The Labute approximate surface area is 120 Å². The number of urea groups is 1. The van der Waals surface area contributed by atoms with E-state index in [0.717, 1.165) is 4.90 Å². The van der Waals surface area contributed by atoms with Crippen LogP contribution in [0.1, 0.15) is 13.3 Å². The molecule has 0 radical (unpaired) electrons. The van der Waals surface area contributed by atoms with Crippen LogP contribution in [0.3, 0.4) is 0 Å². The average Bonchev–Trinajstić information content (AvgIpc) is 2.42. The van der Waals surface area contributed by atoms with Gasteiger partial charge in [0, 0.05) is 6.54 Å². The summed E-state index contributed by atoms with van der Waals surface area (Å²) in [4.78, 5) is 48.9. The van der Waals surface area contributed by atoms with Crippen LogP contribution in [0.25, 0.3) is 0 Å². The molecule has 2 heterocycles. The summed E-state index contributed by atoms with van der Waals surface area (Å²) in [5.41, 5.74) is 0. The maximum atomic E-state index is 12.5. The van der Waals surface area contributed by atoms with Gasteiger partial charge >= 0.3 is 12.0 Å². The molecule has 0 aromatic heterocycles. The number of imide groups is 1. The number of morpholine rings is 1. The van der Waals surface area contributed by atoms with Crippen LogP contribution in [0, 0.1) is 0 Å². The van der Waals surface area contributed by atoms with Crippen LogP contribution >= 0.6 is 0 Å². The minimum absolute atomic E-state index is 0.125. The smallest absolute Gasteiger partial charge is 0.321 e. The fraction of sp³-hybridized carbons (Fsp3) is 0.667. The molecule has 0 aliphatic carbocycles. The lowest BCUT2D eigenvalue weighted by Crippen LogP contribution is -2.63. The van der Waals surface area contributed by atoms with E-state index in [0.29, 0.717) is 6.61 Å². The third-order valence-corrected chi connectivity index (χ3v) is 3.55. The number of carbonyl (C=O) groups is 4. The van der Waals surface area contributed by atoms with Crippen molar-refractivity contribution in [2.75, 3.05) is 26.3 Å². The second-order valence-electron chi connectivity index (χ2n) is 5.02. The molecular formula is C12H17N3O6. The number of aliphatic carboxylic acids is 1. The number of piperazine rings is 1. The first kappa shape index (κ1) is 15.2. The van der Waals surface area contributed by atoms with E-state index in [2.05, 4.69) is 5.32 Å². The summed E-state index contributed by atoms with van der Waals surface area (Å²) in [6, 6.07) is -1.89. The van der Waals surface area contributed by atoms with Crippen LogP contribution in [0.15, 0.2) is 0 Å². The van der Waals surface area contributed by atoms with Gasteiger partial charge in [0.15, 0.2) is 0 Å². The van der Waals surface area contributed by atoms with Gasteiger partial charge in [-0.2, -0.15) is 0 Å². The molecule has 2 aliphatic heterocycles. The van der Waals surface area contributed by atoms with Gasteiger partial charge in [0.05, 0.1) is 25.7 Å². The van der Waals surface area contributed by atoms with E-state index < -0.39 is 35.9 Å². The first-order valence-electron chi connectivity index (χ1n) is 6.60. The highest BCUT2D eigenvalue weighted by molar-refractivity contribution is 6.03. The van der Waals surface area contributed by atoms with E-state index in [1.165, 1.54) is 11.8 Å². The van der Waals surface area contributed by atoms with E-state index >= 15 is 0 Å². The number of carboxylic acids is 1. The third kappa shape index (κ3) is 3.30. The highest BCUT2D eigenvalue weighted by atomic mass is 16.5. The van der Waals surface area contributed by atoms with Crippen molar-refractivity contribution < 1.29 is 29.0 Å². The zero-order chi connectivity index (χ0) is 15.6. The molecule has 0 aromatic rings. The van der Waals surface area contributed by atoms with Gasteiger partial charge in [-0.3, -0.25) is 19.7 Å². The van der Waals surface area contributed by atoms with Crippen LogP contribution < -0.4 is 5.32 Å². The molecule has 0 spiro atoms. The minimum atomic E-state index is -1.04. The molecule has 2 unspecified atom stereocenters. The molecule has 0 saturated carbocycles. The largest absolute Gasteiger partial charge is 0.481 e. The monoisotopic (exact) mass is 299 g/mol. The summed E-state index contributed by atoms with van der Waals surface area (Å²) < 4.78 is 5.20. The van der Waals surface area contributed by atoms with Crippen molar-refractivity contribution in [1.82, 2.24) is 15.1 Å². The summed E-state index contributed by atoms with van der Waals surface area (Å²) in [5, 5.41) is 11.0. The first-order chi connectivity index (χ1) is 9.90. The Bertz CT molecular complexity index is 480. The quantitative estimate of drug-likeness (QED) is 0.608. The molecule has 116 valence electrons. The number of nitrogens with zero attached hydrogens (tertiary/aromatic N) is 2. The lowest BCUT2D eigenvalue weighted by Gasteiger charge is -2.40. The fourth-order valence-corrected chi connectivity index (χ4v) is 2.39. The van der Waals surface area contributed by atoms with E-state index in [9.17, 15) is 19.2 Å². The summed E-state index contributed by atoms with van der Waals surface area (Å²) in [5.74, 6) is -2.12. The average molecular weight is 299 g/mol. The summed E-state index contributed by atoms with van der Waals surface area (Å²) >= 11 is 0. The van der Waals surface area contributed by atoms with Crippen molar-refractivity contribution in [3.05, 3.63) is 0 Å². The molecule has 9 nitrogen and oxygen atoms in total. The van der Waals surface area contributed by atoms with Crippen molar-refractivity contribution in [2.45, 2.75) is 25.4 Å². The summed E-state index contributed by atoms with van der Waals surface area (Å²) in [6.07, 6.45) is -0.242. The fourth-order valence-electron chi connectivity index (χ4n) is 2.39. The van der Waals surface area contributed by atoms with Crippen molar-refractivity contribution in [2.24, 2.45) is 0 Å². The molecule has 9 heteroatoms. The summed E-state index contributed by atoms with van der Waals surface area (Å²) in [7, 11) is 0. The van der Waals surface area contributed by atoms with E-state index in [4.69, 9.17) is 9.84 Å². The summed E-state index contributed by atoms with van der Waals surface area (Å²) in [6.45, 7) is 1.95. The van der Waals surface area contributed by atoms with E-state index in [1.807, 2.05) is 0 Å². The predicted octanol–water partition coefficient (Wildman–Crippen LogP) is -1.37. The molecule has 2 rings (SSSR count). The van der Waals surface area contributed by atoms with Crippen molar-refractivity contribution in [1.29, 1.82) is 0 Å². The zero-order valence-electron chi connectivity index (χ0n) is 11.6. The maximum Gasteiger partial charge on any atom is 0.321 e. The molecule has 0 bridgehead atoms. The van der Waals surface area contributed by atoms with Crippen LogP contribution in [0.2, 0.25) is 0 Å². The lowest BCUT2D eigenvalue weighted by atomic mass is 10.1. The molecule has 2 saturated heterocycles. The lowest BCUT2D eigenvalue weighted by molar-refractivity contribution is -0.141. The minimum Gasteiger partial charge on any atom is -0.481 e. The van der Waals surface area contributed by atoms with Gasteiger partial charge in [-0.15, -0.1) is 0 Å². The molecule has 21 heavy (non-hydrogen) atoms. The topological polar surface area (TPSA) is 116 Å². The van der Waals surface area contributed by atoms with Gasteiger partial charge in [0.1, 0.15) is 12.6 Å². The number of amides is 4. The number of ether oxygens (including phenoxy) is 1. The van der Waals surface area contributed by atoms with Gasteiger partial charge in [0.25, 0.3) is 0 Å². The molecule has 2 aliphatic rings. The van der Waals surface area contributed by atoms with Crippen molar-refractivity contribution in [3.63, 3.8) is 0 Å². The Morgan fingerprint density at radius 3 is 2.76 bits per heavy atom. The highest BCUT2D eigenvalue weighted by Gasteiger charge is 2.39. The number of carbonyl (C=O) groups excluding carboxylic acids is 3. The molecule has 2 N–H and O–H groups in total.